The number of hydrogen-bond donors (Lipinski definition) is 1. The highest BCUT2D eigenvalue weighted by Gasteiger charge is 2.06. The van der Waals surface area contributed by atoms with Gasteiger partial charge in [-0.1, -0.05) is 12.7 Å². The van der Waals surface area contributed by atoms with Gasteiger partial charge in [0.25, 0.3) is 0 Å². The summed E-state index contributed by atoms with van der Waals surface area (Å²) in [6.07, 6.45) is 3.18. The van der Waals surface area contributed by atoms with E-state index >= 15 is 0 Å². The molecule has 1 N–H and O–H groups in total. The molecule has 1 aliphatic rings. The molecule has 0 aromatic heterocycles. The highest BCUT2D eigenvalue weighted by Crippen LogP contribution is 2.13. The summed E-state index contributed by atoms with van der Waals surface area (Å²) in [5.41, 5.74) is 2.47. The fraction of sp³-hybridized carbons (Fsp3) is 0.429. The maximum absolute atomic E-state index is 3.88. The molecule has 1 aliphatic heterocycles. The van der Waals surface area contributed by atoms with Gasteiger partial charge in [-0.05, 0) is 18.9 Å². The first kappa shape index (κ1) is 5.42. The minimum Gasteiger partial charge on any atom is -0.385 e. The largest absolute Gasteiger partial charge is 0.385 e. The normalized spacial score (nSPS) is 24.1. The van der Waals surface area contributed by atoms with E-state index in [1.807, 2.05) is 6.92 Å². The minimum absolute atomic E-state index is 1.07. The van der Waals surface area contributed by atoms with Crippen LogP contribution >= 0.6 is 0 Å². The summed E-state index contributed by atoms with van der Waals surface area (Å²) in [5.74, 6) is 0. The van der Waals surface area contributed by atoms with Crippen molar-refractivity contribution < 1.29 is 0 Å². The minimum atomic E-state index is 1.07. The molecule has 1 rings (SSSR count). The van der Waals surface area contributed by atoms with E-state index in [2.05, 4.69) is 18.0 Å². The van der Waals surface area contributed by atoms with Gasteiger partial charge in [0, 0.05) is 12.2 Å². The average Bonchev–Trinajstić information content (AvgIpc) is 2.14. The highest BCUT2D eigenvalue weighted by atomic mass is 14.9. The van der Waals surface area contributed by atoms with Crippen molar-refractivity contribution in [1.29, 1.82) is 0 Å². The van der Waals surface area contributed by atoms with Crippen molar-refractivity contribution >= 4 is 0 Å². The Morgan fingerprint density at radius 2 is 2.50 bits per heavy atom. The second-order valence-corrected chi connectivity index (χ2v) is 1.98. The number of rotatable bonds is 0. The Hall–Kier alpha value is -0.720. The van der Waals surface area contributed by atoms with Crippen LogP contribution in [0.25, 0.3) is 0 Å². The summed E-state index contributed by atoms with van der Waals surface area (Å²) >= 11 is 0. The van der Waals surface area contributed by atoms with Crippen LogP contribution in [0.4, 0.5) is 0 Å². The maximum Gasteiger partial charge on any atom is 0.0324 e. The number of nitrogens with one attached hydrogen (secondary N) is 1. The molecule has 0 atom stereocenters. The van der Waals surface area contributed by atoms with Crippen LogP contribution in [0.2, 0.25) is 0 Å². The summed E-state index contributed by atoms with van der Waals surface area (Å²) in [6.45, 7) is 6.97. The van der Waals surface area contributed by atoms with Crippen LogP contribution in [0, 0.1) is 0 Å². The van der Waals surface area contributed by atoms with Crippen LogP contribution in [-0.2, 0) is 0 Å². The van der Waals surface area contributed by atoms with Gasteiger partial charge in [-0.3, -0.25) is 0 Å². The molecule has 0 amide bonds. The third-order valence-electron chi connectivity index (χ3n) is 1.41. The first-order valence-electron chi connectivity index (χ1n) is 2.93. The van der Waals surface area contributed by atoms with Gasteiger partial charge in [-0.25, -0.2) is 0 Å². The lowest BCUT2D eigenvalue weighted by molar-refractivity contribution is 0.914. The van der Waals surface area contributed by atoms with Gasteiger partial charge in [-0.15, -0.1) is 0 Å². The van der Waals surface area contributed by atoms with Crippen LogP contribution in [0.3, 0.4) is 0 Å². The molecule has 0 radical (unpaired) electrons. The Balaban J connectivity index is 2.69. The van der Waals surface area contributed by atoms with Crippen molar-refractivity contribution in [3.63, 3.8) is 0 Å². The summed E-state index contributed by atoms with van der Waals surface area (Å²) in [6, 6.07) is 0. The molecule has 0 aromatic rings. The molecule has 44 valence electrons. The van der Waals surface area contributed by atoms with Gasteiger partial charge in [-0.2, -0.15) is 0 Å². The lowest BCUT2D eigenvalue weighted by atomic mass is 10.2. The Kier molecular flexibility index (Phi) is 1.38. The molecular weight excluding hydrogens is 98.1 g/mol. The van der Waals surface area contributed by atoms with Gasteiger partial charge in [0.2, 0.25) is 0 Å². The van der Waals surface area contributed by atoms with Gasteiger partial charge < -0.3 is 5.32 Å². The molecule has 1 nitrogen and oxygen atoms in total. The Morgan fingerprint density at radius 1 is 1.75 bits per heavy atom. The van der Waals surface area contributed by atoms with Crippen LogP contribution in [-0.4, -0.2) is 6.54 Å². The molecule has 0 bridgehead atoms. The zero-order chi connectivity index (χ0) is 5.98. The third-order valence-corrected chi connectivity index (χ3v) is 1.41. The van der Waals surface area contributed by atoms with Gasteiger partial charge >= 0.3 is 0 Å². The van der Waals surface area contributed by atoms with E-state index in [0.717, 1.165) is 13.0 Å². The number of allylic oxidation sites excluding steroid dienone is 2. The molecule has 0 spiro atoms. The lowest BCUT2D eigenvalue weighted by Crippen LogP contribution is -2.02. The van der Waals surface area contributed by atoms with Crippen LogP contribution < -0.4 is 5.32 Å². The standard InChI is InChI=1S/C7H11N/c1-3-7-6(2)4-5-8-7/h3,8H,2,4-5H2,1H3/b7-3+. The monoisotopic (exact) mass is 109 g/mol. The fourth-order valence-corrected chi connectivity index (χ4v) is 0.914. The quantitative estimate of drug-likeness (QED) is 0.496. The van der Waals surface area contributed by atoms with Crippen molar-refractivity contribution in [2.45, 2.75) is 13.3 Å². The second kappa shape index (κ2) is 2.03. The van der Waals surface area contributed by atoms with Crippen molar-refractivity contribution in [3.05, 3.63) is 23.9 Å². The van der Waals surface area contributed by atoms with Crippen molar-refractivity contribution in [2.24, 2.45) is 0 Å². The highest BCUT2D eigenvalue weighted by molar-refractivity contribution is 5.30. The summed E-state index contributed by atoms with van der Waals surface area (Å²) in [4.78, 5) is 0. The van der Waals surface area contributed by atoms with E-state index in [0.29, 0.717) is 0 Å². The average molecular weight is 109 g/mol. The fourth-order valence-electron chi connectivity index (χ4n) is 0.914. The maximum atomic E-state index is 3.88. The molecule has 8 heavy (non-hydrogen) atoms. The van der Waals surface area contributed by atoms with E-state index in [-0.39, 0.29) is 0 Å². The van der Waals surface area contributed by atoms with E-state index in [1.54, 1.807) is 0 Å². The van der Waals surface area contributed by atoms with Crippen LogP contribution in [0.1, 0.15) is 13.3 Å². The molecule has 1 saturated heterocycles. The van der Waals surface area contributed by atoms with Gasteiger partial charge in [0.1, 0.15) is 0 Å². The molecule has 0 aromatic carbocycles. The first-order valence-corrected chi connectivity index (χ1v) is 2.93. The van der Waals surface area contributed by atoms with E-state index in [9.17, 15) is 0 Å². The Labute approximate surface area is 50.1 Å². The zero-order valence-electron chi connectivity index (χ0n) is 5.20. The van der Waals surface area contributed by atoms with Gasteiger partial charge in [0.15, 0.2) is 0 Å². The molecule has 1 heterocycles. The van der Waals surface area contributed by atoms with E-state index in [1.165, 1.54) is 11.3 Å². The third kappa shape index (κ3) is 0.760. The lowest BCUT2D eigenvalue weighted by Gasteiger charge is -1.94. The molecular formula is C7H11N. The molecule has 1 fully saturated rings. The predicted molar refractivity (Wildman–Crippen MR) is 35.5 cm³/mol. The second-order valence-electron chi connectivity index (χ2n) is 1.98. The van der Waals surface area contributed by atoms with Crippen molar-refractivity contribution in [3.8, 4) is 0 Å². The first-order chi connectivity index (χ1) is 3.84. The van der Waals surface area contributed by atoms with Crippen molar-refractivity contribution in [2.75, 3.05) is 6.54 Å². The SMILES string of the molecule is C=C1CCN/C1=C/C. The van der Waals surface area contributed by atoms with Crippen LogP contribution in [0.5, 0.6) is 0 Å². The van der Waals surface area contributed by atoms with Gasteiger partial charge in [0.05, 0.1) is 0 Å². The molecule has 1 heteroatoms. The Bertz CT molecular complexity index is 133. The predicted octanol–water partition coefficient (Wildman–Crippen LogP) is 1.44. The summed E-state index contributed by atoms with van der Waals surface area (Å²) in [5, 5.41) is 3.22. The molecule has 0 unspecified atom stereocenters. The molecule has 0 aliphatic carbocycles. The summed E-state index contributed by atoms with van der Waals surface area (Å²) < 4.78 is 0. The zero-order valence-corrected chi connectivity index (χ0v) is 5.20. The van der Waals surface area contributed by atoms with Crippen molar-refractivity contribution in [1.82, 2.24) is 5.32 Å². The topological polar surface area (TPSA) is 12.0 Å². The number of hydrogen-bond acceptors (Lipinski definition) is 1. The summed E-state index contributed by atoms with van der Waals surface area (Å²) in [7, 11) is 0. The van der Waals surface area contributed by atoms with Crippen LogP contribution in [0.15, 0.2) is 23.9 Å². The smallest absolute Gasteiger partial charge is 0.0324 e. The van der Waals surface area contributed by atoms with E-state index < -0.39 is 0 Å². The van der Waals surface area contributed by atoms with E-state index in [4.69, 9.17) is 0 Å². The Morgan fingerprint density at radius 3 is 2.75 bits per heavy atom. The molecule has 0 saturated carbocycles.